The summed E-state index contributed by atoms with van der Waals surface area (Å²) >= 11 is 0. The molecule has 1 atom stereocenters. The van der Waals surface area contributed by atoms with Crippen LogP contribution in [0.5, 0.6) is 11.5 Å². The highest BCUT2D eigenvalue weighted by Crippen LogP contribution is 2.33. The summed E-state index contributed by atoms with van der Waals surface area (Å²) in [5.74, 6) is 0.881. The lowest BCUT2D eigenvalue weighted by atomic mass is 10.1. The molecule has 29 heavy (non-hydrogen) atoms. The quantitative estimate of drug-likeness (QED) is 0.811. The van der Waals surface area contributed by atoms with E-state index in [4.69, 9.17) is 9.47 Å². The van der Waals surface area contributed by atoms with Crippen molar-refractivity contribution in [2.75, 3.05) is 17.4 Å². The minimum atomic E-state index is -0.539. The van der Waals surface area contributed by atoms with E-state index in [9.17, 15) is 14.4 Å². The Morgan fingerprint density at radius 2 is 1.72 bits per heavy atom. The number of carbonyl (C=O) groups excluding carboxylic acids is 3. The van der Waals surface area contributed by atoms with Gasteiger partial charge in [-0.3, -0.25) is 14.4 Å². The third kappa shape index (κ3) is 4.16. The second-order valence-corrected chi connectivity index (χ2v) is 7.01. The van der Waals surface area contributed by atoms with E-state index in [0.717, 1.165) is 5.56 Å². The molecule has 2 heterocycles. The molecule has 2 aromatic carbocycles. The summed E-state index contributed by atoms with van der Waals surface area (Å²) in [6.45, 7) is 1.95. The zero-order valence-corrected chi connectivity index (χ0v) is 15.9. The van der Waals surface area contributed by atoms with Gasteiger partial charge in [-0.25, -0.2) is 0 Å². The van der Waals surface area contributed by atoms with Crippen LogP contribution in [0.3, 0.4) is 0 Å². The Kier molecular flexibility index (Phi) is 5.07. The molecule has 0 spiro atoms. The zero-order chi connectivity index (χ0) is 20.4. The second-order valence-electron chi connectivity index (χ2n) is 7.01. The van der Waals surface area contributed by atoms with Crippen LogP contribution in [0.25, 0.3) is 0 Å². The highest BCUT2D eigenvalue weighted by molar-refractivity contribution is 5.99. The second kappa shape index (κ2) is 7.83. The number of anilines is 2. The number of likely N-dealkylation sites (tertiary alicyclic amines) is 1. The van der Waals surface area contributed by atoms with E-state index in [1.165, 1.54) is 6.92 Å². The normalized spacial score (nSPS) is 17.3. The van der Waals surface area contributed by atoms with Crippen LogP contribution >= 0.6 is 0 Å². The maximum atomic E-state index is 12.8. The van der Waals surface area contributed by atoms with Gasteiger partial charge in [-0.05, 0) is 48.4 Å². The van der Waals surface area contributed by atoms with Crippen LogP contribution < -0.4 is 20.1 Å². The molecule has 0 bridgehead atoms. The van der Waals surface area contributed by atoms with Crippen LogP contribution in [-0.4, -0.2) is 35.5 Å². The highest BCUT2D eigenvalue weighted by Gasteiger charge is 2.36. The Hall–Kier alpha value is -3.55. The first-order chi connectivity index (χ1) is 14.0. The number of nitrogens with one attached hydrogen (secondary N) is 2. The fraction of sp³-hybridized carbons (Fsp3) is 0.286. The van der Waals surface area contributed by atoms with E-state index in [-0.39, 0.29) is 24.5 Å². The molecule has 3 amide bonds. The number of carbonyl (C=O) groups is 3. The number of fused-ring (bicyclic) bond motifs is 1. The van der Waals surface area contributed by atoms with Gasteiger partial charge in [0.25, 0.3) is 0 Å². The summed E-state index contributed by atoms with van der Waals surface area (Å²) < 4.78 is 10.7. The number of ether oxygens (including phenoxy) is 2. The lowest BCUT2D eigenvalue weighted by Crippen LogP contribution is -2.41. The lowest BCUT2D eigenvalue weighted by Gasteiger charge is -2.24. The van der Waals surface area contributed by atoms with Crippen molar-refractivity contribution in [2.24, 2.45) is 0 Å². The number of hydrogen-bond acceptors (Lipinski definition) is 5. The van der Waals surface area contributed by atoms with Gasteiger partial charge in [-0.2, -0.15) is 0 Å². The first-order valence-corrected chi connectivity index (χ1v) is 9.36. The van der Waals surface area contributed by atoms with Crippen LogP contribution in [0.2, 0.25) is 0 Å². The van der Waals surface area contributed by atoms with Gasteiger partial charge in [0.05, 0.1) is 0 Å². The van der Waals surface area contributed by atoms with Crippen molar-refractivity contribution in [3.05, 3.63) is 48.0 Å². The van der Waals surface area contributed by atoms with Crippen molar-refractivity contribution in [3.8, 4) is 11.5 Å². The number of nitrogens with zero attached hydrogens (tertiary/aromatic N) is 1. The van der Waals surface area contributed by atoms with E-state index in [1.54, 1.807) is 29.2 Å². The van der Waals surface area contributed by atoms with Crippen molar-refractivity contribution >= 4 is 29.1 Å². The van der Waals surface area contributed by atoms with E-state index < -0.39 is 6.04 Å². The Labute approximate surface area is 167 Å². The standard InChI is InChI=1S/C21H21N3O5/c1-13(25)22-15-3-5-16(6-4-15)23-21(27)17-7-9-20(26)24(17)11-14-2-8-18-19(10-14)29-12-28-18/h2-6,8,10,17H,7,9,11-12H2,1H3,(H,22,25)(H,23,27). The molecule has 2 aliphatic rings. The predicted octanol–water partition coefficient (Wildman–Crippen LogP) is 2.50. The highest BCUT2D eigenvalue weighted by atomic mass is 16.7. The summed E-state index contributed by atoms with van der Waals surface area (Å²) in [5, 5.41) is 5.53. The van der Waals surface area contributed by atoms with E-state index in [2.05, 4.69) is 10.6 Å². The Balaban J connectivity index is 1.43. The smallest absolute Gasteiger partial charge is 0.247 e. The number of benzene rings is 2. The molecule has 1 saturated heterocycles. The lowest BCUT2D eigenvalue weighted by molar-refractivity contribution is -0.133. The van der Waals surface area contributed by atoms with Crippen molar-refractivity contribution in [3.63, 3.8) is 0 Å². The maximum absolute atomic E-state index is 12.8. The average molecular weight is 395 g/mol. The zero-order valence-electron chi connectivity index (χ0n) is 15.9. The molecule has 4 rings (SSSR count). The van der Waals surface area contributed by atoms with Gasteiger partial charge >= 0.3 is 0 Å². The molecule has 8 nitrogen and oxygen atoms in total. The molecular weight excluding hydrogens is 374 g/mol. The van der Waals surface area contributed by atoms with E-state index >= 15 is 0 Å². The van der Waals surface area contributed by atoms with Crippen LogP contribution in [0.15, 0.2) is 42.5 Å². The van der Waals surface area contributed by atoms with Crippen LogP contribution in [0, 0.1) is 0 Å². The summed E-state index contributed by atoms with van der Waals surface area (Å²) in [5.41, 5.74) is 2.13. The van der Waals surface area contributed by atoms with Gasteiger partial charge in [0.2, 0.25) is 24.5 Å². The molecule has 1 fully saturated rings. The number of hydrogen-bond donors (Lipinski definition) is 2. The molecule has 150 valence electrons. The molecule has 2 aliphatic heterocycles. The van der Waals surface area contributed by atoms with Crippen molar-refractivity contribution in [1.29, 1.82) is 0 Å². The molecular formula is C21H21N3O5. The van der Waals surface area contributed by atoms with Gasteiger partial charge in [0.1, 0.15) is 6.04 Å². The number of amides is 3. The monoisotopic (exact) mass is 395 g/mol. The Morgan fingerprint density at radius 3 is 2.45 bits per heavy atom. The molecule has 2 N–H and O–H groups in total. The molecule has 0 radical (unpaired) electrons. The molecule has 0 saturated carbocycles. The van der Waals surface area contributed by atoms with Gasteiger partial charge in [-0.1, -0.05) is 6.07 Å². The molecule has 0 aliphatic carbocycles. The minimum Gasteiger partial charge on any atom is -0.454 e. The van der Waals surface area contributed by atoms with Crippen molar-refractivity contribution < 1.29 is 23.9 Å². The van der Waals surface area contributed by atoms with Gasteiger partial charge in [0.15, 0.2) is 11.5 Å². The number of rotatable bonds is 5. The molecule has 8 heteroatoms. The molecule has 2 aromatic rings. The van der Waals surface area contributed by atoms with Crippen LogP contribution in [-0.2, 0) is 20.9 Å². The van der Waals surface area contributed by atoms with Gasteiger partial charge in [0, 0.05) is 31.3 Å². The summed E-state index contributed by atoms with van der Waals surface area (Å²) in [4.78, 5) is 37.9. The van der Waals surface area contributed by atoms with Crippen LogP contribution in [0.4, 0.5) is 11.4 Å². The predicted molar refractivity (Wildman–Crippen MR) is 106 cm³/mol. The Morgan fingerprint density at radius 1 is 1.03 bits per heavy atom. The topological polar surface area (TPSA) is 97.0 Å². The third-order valence-electron chi connectivity index (χ3n) is 4.89. The van der Waals surface area contributed by atoms with E-state index in [0.29, 0.717) is 42.3 Å². The maximum Gasteiger partial charge on any atom is 0.247 e. The van der Waals surface area contributed by atoms with Crippen LogP contribution in [0.1, 0.15) is 25.3 Å². The van der Waals surface area contributed by atoms with Gasteiger partial charge < -0.3 is 25.0 Å². The fourth-order valence-corrected chi connectivity index (χ4v) is 3.51. The Bertz CT molecular complexity index is 957. The van der Waals surface area contributed by atoms with Crippen molar-refractivity contribution in [1.82, 2.24) is 4.90 Å². The fourth-order valence-electron chi connectivity index (χ4n) is 3.51. The first-order valence-electron chi connectivity index (χ1n) is 9.36. The van der Waals surface area contributed by atoms with Crippen molar-refractivity contribution in [2.45, 2.75) is 32.4 Å². The average Bonchev–Trinajstić information content (AvgIpc) is 3.30. The SMILES string of the molecule is CC(=O)Nc1ccc(NC(=O)C2CCC(=O)N2Cc2ccc3c(c2)OCO3)cc1. The summed E-state index contributed by atoms with van der Waals surface area (Å²) in [6, 6.07) is 11.8. The summed E-state index contributed by atoms with van der Waals surface area (Å²) in [6.07, 6.45) is 0.809. The minimum absolute atomic E-state index is 0.0520. The first kappa shape index (κ1) is 18.8. The molecule has 1 unspecified atom stereocenters. The van der Waals surface area contributed by atoms with E-state index in [1.807, 2.05) is 18.2 Å². The summed E-state index contributed by atoms with van der Waals surface area (Å²) in [7, 11) is 0. The largest absolute Gasteiger partial charge is 0.454 e. The van der Waals surface area contributed by atoms with Gasteiger partial charge in [-0.15, -0.1) is 0 Å². The third-order valence-corrected chi connectivity index (χ3v) is 4.89. The molecule has 0 aromatic heterocycles.